The molecule has 1 saturated heterocycles. The van der Waals surface area contributed by atoms with E-state index in [1.165, 1.54) is 0 Å². The number of barbiturate groups is 1. The first-order valence-electron chi connectivity index (χ1n) is 11.1. The second-order valence-corrected chi connectivity index (χ2v) is 8.07. The molecular weight excluding hydrogens is 452 g/mol. The molecule has 0 aliphatic carbocycles. The molecule has 1 aliphatic heterocycles. The Balaban J connectivity index is 1.48. The molecule has 10 heteroatoms. The van der Waals surface area contributed by atoms with Crippen LogP contribution in [-0.4, -0.2) is 46.4 Å². The van der Waals surface area contributed by atoms with Gasteiger partial charge in [0.15, 0.2) is 0 Å². The molecule has 4 amide bonds. The summed E-state index contributed by atoms with van der Waals surface area (Å²) in [5, 5.41) is 8.40. The Morgan fingerprint density at radius 1 is 0.971 bits per heavy atom. The highest BCUT2D eigenvalue weighted by molar-refractivity contribution is 6.21. The van der Waals surface area contributed by atoms with Gasteiger partial charge in [-0.3, -0.25) is 24.9 Å². The number of hydrogen-bond donors (Lipinski definition) is 2. The Labute approximate surface area is 202 Å². The summed E-state index contributed by atoms with van der Waals surface area (Å²) < 4.78 is 18.9. The monoisotopic (exact) mass is 478 g/mol. The zero-order valence-electron chi connectivity index (χ0n) is 19.7. The molecule has 0 saturated carbocycles. The number of rotatable bonds is 9. The van der Waals surface area contributed by atoms with Crippen molar-refractivity contribution in [3.63, 3.8) is 0 Å². The molecule has 3 aromatic rings. The summed E-state index contributed by atoms with van der Waals surface area (Å²) in [7, 11) is 1.87. The molecule has 2 heterocycles. The second kappa shape index (κ2) is 9.98. The number of amides is 4. The van der Waals surface area contributed by atoms with Gasteiger partial charge in [0.05, 0.1) is 12.8 Å². The number of ether oxygens (including phenoxy) is 3. The lowest BCUT2D eigenvalue weighted by Crippen LogP contribution is -2.69. The van der Waals surface area contributed by atoms with Crippen LogP contribution in [0.25, 0.3) is 11.1 Å². The van der Waals surface area contributed by atoms with Gasteiger partial charge in [-0.25, -0.2) is 4.79 Å². The predicted molar refractivity (Wildman–Crippen MR) is 126 cm³/mol. The Hall–Kier alpha value is -4.18. The summed E-state index contributed by atoms with van der Waals surface area (Å²) in [6, 6.07) is 11.4. The van der Waals surface area contributed by atoms with Gasteiger partial charge in [0.2, 0.25) is 0 Å². The molecule has 0 unspecified atom stereocenters. The minimum Gasteiger partial charge on any atom is -0.467 e. The van der Waals surface area contributed by atoms with Crippen LogP contribution < -0.4 is 20.1 Å². The number of imide groups is 2. The number of urea groups is 1. The van der Waals surface area contributed by atoms with Gasteiger partial charge in [-0.15, -0.1) is 0 Å². The van der Waals surface area contributed by atoms with Crippen LogP contribution in [0.2, 0.25) is 0 Å². The highest BCUT2D eigenvalue weighted by Gasteiger charge is 2.52. The van der Waals surface area contributed by atoms with Crippen molar-refractivity contribution in [2.45, 2.75) is 25.9 Å². The number of carbonyl (C=O) groups is 3. The van der Waals surface area contributed by atoms with Gasteiger partial charge in [-0.2, -0.15) is 5.10 Å². The highest BCUT2D eigenvalue weighted by Crippen LogP contribution is 2.31. The van der Waals surface area contributed by atoms with Gasteiger partial charge in [-0.05, 0) is 61.4 Å². The number of hydrogen-bond acceptors (Lipinski definition) is 7. The number of aromatic nitrogens is 2. The first-order chi connectivity index (χ1) is 16.8. The molecule has 35 heavy (non-hydrogen) atoms. The van der Waals surface area contributed by atoms with Crippen LogP contribution in [-0.2, 0) is 21.4 Å². The lowest BCUT2D eigenvalue weighted by Gasteiger charge is -2.34. The maximum Gasteiger partial charge on any atom is 0.328 e. The van der Waals surface area contributed by atoms with Gasteiger partial charge in [0, 0.05) is 31.8 Å². The zero-order chi connectivity index (χ0) is 25.0. The minimum absolute atomic E-state index is 0.0629. The van der Waals surface area contributed by atoms with Crippen molar-refractivity contribution in [2.75, 3.05) is 13.2 Å². The van der Waals surface area contributed by atoms with Crippen molar-refractivity contribution in [1.29, 1.82) is 0 Å². The van der Waals surface area contributed by atoms with Crippen LogP contribution in [0.3, 0.4) is 0 Å². The zero-order valence-corrected chi connectivity index (χ0v) is 19.7. The molecule has 2 N–H and O–H groups in total. The number of nitrogens with zero attached hydrogens (tertiary/aromatic N) is 2. The standard InChI is InChI=1S/C25H26N4O6/c1-4-33-12-11-25(22(30)27-24(32)28-23(25)31)35-19-7-5-18(6-8-19)34-20-9-10-21(16(2)13-20)17-14-26-29(3)15-17/h5-10,13-15H,4,11-12H2,1-3H3,(H2,27,28,30,31,32). The van der Waals surface area contributed by atoms with Gasteiger partial charge in [0.1, 0.15) is 17.2 Å². The van der Waals surface area contributed by atoms with E-state index in [-0.39, 0.29) is 18.8 Å². The molecule has 0 atom stereocenters. The molecule has 0 spiro atoms. The third-order valence-corrected chi connectivity index (χ3v) is 5.56. The molecule has 4 rings (SSSR count). The minimum atomic E-state index is -1.93. The van der Waals surface area contributed by atoms with E-state index in [1.54, 1.807) is 35.9 Å². The summed E-state index contributed by atoms with van der Waals surface area (Å²) >= 11 is 0. The average Bonchev–Trinajstić information content (AvgIpc) is 3.24. The fourth-order valence-corrected chi connectivity index (χ4v) is 3.77. The van der Waals surface area contributed by atoms with E-state index in [4.69, 9.17) is 14.2 Å². The van der Waals surface area contributed by atoms with Crippen molar-refractivity contribution in [3.8, 4) is 28.4 Å². The van der Waals surface area contributed by atoms with Crippen LogP contribution in [0.4, 0.5) is 4.79 Å². The quantitative estimate of drug-likeness (QED) is 0.358. The average molecular weight is 479 g/mol. The number of carbonyl (C=O) groups excluding carboxylic acids is 3. The third-order valence-electron chi connectivity index (χ3n) is 5.56. The van der Waals surface area contributed by atoms with E-state index < -0.39 is 23.4 Å². The molecule has 0 radical (unpaired) electrons. The molecule has 2 aromatic carbocycles. The summed E-state index contributed by atoms with van der Waals surface area (Å²) in [4.78, 5) is 36.7. The van der Waals surface area contributed by atoms with Crippen molar-refractivity contribution in [2.24, 2.45) is 7.05 Å². The van der Waals surface area contributed by atoms with E-state index in [0.29, 0.717) is 18.1 Å². The van der Waals surface area contributed by atoms with Crippen LogP contribution in [0.1, 0.15) is 18.9 Å². The van der Waals surface area contributed by atoms with Crippen molar-refractivity contribution in [3.05, 3.63) is 60.4 Å². The molecule has 1 aromatic heterocycles. The first-order valence-corrected chi connectivity index (χ1v) is 11.1. The van der Waals surface area contributed by atoms with Gasteiger partial charge in [-0.1, -0.05) is 6.07 Å². The predicted octanol–water partition coefficient (Wildman–Crippen LogP) is 3.10. The maximum atomic E-state index is 12.6. The highest BCUT2D eigenvalue weighted by atomic mass is 16.5. The lowest BCUT2D eigenvalue weighted by molar-refractivity contribution is -0.153. The normalized spacial score (nSPS) is 14.9. The maximum absolute atomic E-state index is 12.6. The molecule has 10 nitrogen and oxygen atoms in total. The largest absolute Gasteiger partial charge is 0.467 e. The molecule has 1 fully saturated rings. The summed E-state index contributed by atoms with van der Waals surface area (Å²) in [6.45, 7) is 4.30. The van der Waals surface area contributed by atoms with E-state index in [0.717, 1.165) is 16.7 Å². The Bertz CT molecular complexity index is 1230. The fourth-order valence-electron chi connectivity index (χ4n) is 3.77. The summed E-state index contributed by atoms with van der Waals surface area (Å²) in [5.74, 6) is -0.217. The second-order valence-electron chi connectivity index (χ2n) is 8.07. The fraction of sp³-hybridized carbons (Fsp3) is 0.280. The first kappa shape index (κ1) is 24.0. The lowest BCUT2D eigenvalue weighted by atomic mass is 9.95. The molecule has 182 valence electrons. The summed E-state index contributed by atoms with van der Waals surface area (Å²) in [5.41, 5.74) is 1.20. The Morgan fingerprint density at radius 3 is 2.23 bits per heavy atom. The van der Waals surface area contributed by atoms with Gasteiger partial charge in [0.25, 0.3) is 17.4 Å². The summed E-state index contributed by atoms with van der Waals surface area (Å²) in [6.07, 6.45) is 3.70. The Morgan fingerprint density at radius 2 is 1.63 bits per heavy atom. The van der Waals surface area contributed by atoms with E-state index in [9.17, 15) is 14.4 Å². The van der Waals surface area contributed by atoms with Crippen molar-refractivity contribution >= 4 is 17.8 Å². The van der Waals surface area contributed by atoms with E-state index in [2.05, 4.69) is 15.7 Å². The van der Waals surface area contributed by atoms with Crippen LogP contribution in [0, 0.1) is 6.92 Å². The van der Waals surface area contributed by atoms with Crippen molar-refractivity contribution in [1.82, 2.24) is 20.4 Å². The Kier molecular flexibility index (Phi) is 6.83. The molecular formula is C25H26N4O6. The number of benzene rings is 2. The SMILES string of the molecule is CCOCCC1(Oc2ccc(Oc3ccc(-c4cnn(C)c4)c(C)c3)cc2)C(=O)NC(=O)NC1=O. The number of nitrogens with one attached hydrogen (secondary N) is 2. The van der Waals surface area contributed by atoms with E-state index >= 15 is 0 Å². The van der Waals surface area contributed by atoms with Crippen LogP contribution in [0.15, 0.2) is 54.9 Å². The topological polar surface area (TPSA) is 121 Å². The van der Waals surface area contributed by atoms with Crippen LogP contribution in [0.5, 0.6) is 17.2 Å². The van der Waals surface area contributed by atoms with E-state index in [1.807, 2.05) is 44.6 Å². The molecule has 1 aliphatic rings. The number of aryl methyl sites for hydroxylation is 2. The molecule has 0 bridgehead atoms. The van der Waals surface area contributed by atoms with Crippen LogP contribution >= 0.6 is 0 Å². The third kappa shape index (κ3) is 5.17. The van der Waals surface area contributed by atoms with Gasteiger partial charge < -0.3 is 14.2 Å². The van der Waals surface area contributed by atoms with Gasteiger partial charge >= 0.3 is 6.03 Å². The van der Waals surface area contributed by atoms with Crippen molar-refractivity contribution < 1.29 is 28.6 Å². The smallest absolute Gasteiger partial charge is 0.328 e.